The molecular formula is C12H16OS. The van der Waals surface area contributed by atoms with Crippen LogP contribution in [-0.4, -0.2) is 16.6 Å². The normalized spacial score (nSPS) is 19.0. The molecule has 0 atom stereocenters. The summed E-state index contributed by atoms with van der Waals surface area (Å²) < 4.78 is 0. The minimum atomic E-state index is -0.533. The van der Waals surface area contributed by atoms with Crippen molar-refractivity contribution in [1.29, 1.82) is 0 Å². The Morgan fingerprint density at radius 2 is 2.21 bits per heavy atom. The standard InChI is InChI=1S/C12H16OS/c1-2-4-10-5-3-6-11(7-10)12(13)8-14-9-12/h3,5-7,13H,2,4,8-9H2,1H3. The van der Waals surface area contributed by atoms with E-state index in [1.165, 1.54) is 5.56 Å². The van der Waals surface area contributed by atoms with Crippen molar-refractivity contribution in [3.05, 3.63) is 35.4 Å². The highest BCUT2D eigenvalue weighted by Gasteiger charge is 2.36. The molecule has 0 amide bonds. The maximum absolute atomic E-state index is 10.2. The fourth-order valence-corrected chi connectivity index (χ4v) is 2.69. The van der Waals surface area contributed by atoms with E-state index in [4.69, 9.17) is 0 Å². The van der Waals surface area contributed by atoms with Gasteiger partial charge in [0.15, 0.2) is 0 Å². The Kier molecular flexibility index (Phi) is 2.84. The second-order valence-corrected chi connectivity index (χ2v) is 4.96. The number of rotatable bonds is 3. The van der Waals surface area contributed by atoms with Crippen LogP contribution >= 0.6 is 11.8 Å². The largest absolute Gasteiger partial charge is 0.383 e. The molecule has 0 aliphatic carbocycles. The predicted molar refractivity (Wildman–Crippen MR) is 61.7 cm³/mol. The van der Waals surface area contributed by atoms with Gasteiger partial charge in [-0.05, 0) is 17.5 Å². The number of hydrogen-bond acceptors (Lipinski definition) is 2. The molecule has 0 bridgehead atoms. The van der Waals surface area contributed by atoms with Gasteiger partial charge < -0.3 is 5.11 Å². The molecule has 1 aromatic rings. The molecular weight excluding hydrogens is 192 g/mol. The number of hydrogen-bond donors (Lipinski definition) is 1. The van der Waals surface area contributed by atoms with E-state index in [9.17, 15) is 5.11 Å². The number of aryl methyl sites for hydroxylation is 1. The highest BCUT2D eigenvalue weighted by Crippen LogP contribution is 2.38. The third-order valence-corrected chi connectivity index (χ3v) is 4.05. The van der Waals surface area contributed by atoms with Crippen LogP contribution in [0.4, 0.5) is 0 Å². The van der Waals surface area contributed by atoms with Gasteiger partial charge in [0.1, 0.15) is 5.60 Å². The average Bonchev–Trinajstić information content (AvgIpc) is 2.15. The van der Waals surface area contributed by atoms with Crippen molar-refractivity contribution >= 4 is 11.8 Å². The average molecular weight is 208 g/mol. The summed E-state index contributed by atoms with van der Waals surface area (Å²) in [5.74, 6) is 1.70. The highest BCUT2D eigenvalue weighted by molar-refractivity contribution is 8.00. The van der Waals surface area contributed by atoms with E-state index >= 15 is 0 Å². The van der Waals surface area contributed by atoms with Crippen LogP contribution in [0.15, 0.2) is 24.3 Å². The van der Waals surface area contributed by atoms with E-state index in [-0.39, 0.29) is 0 Å². The molecule has 2 rings (SSSR count). The van der Waals surface area contributed by atoms with Gasteiger partial charge in [0.2, 0.25) is 0 Å². The Morgan fingerprint density at radius 3 is 2.79 bits per heavy atom. The molecule has 76 valence electrons. The third kappa shape index (κ3) is 1.82. The highest BCUT2D eigenvalue weighted by atomic mass is 32.2. The molecule has 1 saturated heterocycles. The van der Waals surface area contributed by atoms with Crippen molar-refractivity contribution in [2.75, 3.05) is 11.5 Å². The zero-order valence-electron chi connectivity index (χ0n) is 8.49. The van der Waals surface area contributed by atoms with Gasteiger partial charge >= 0.3 is 0 Å². The lowest BCUT2D eigenvalue weighted by Gasteiger charge is -2.36. The van der Waals surface area contributed by atoms with E-state index in [0.717, 1.165) is 29.9 Å². The monoisotopic (exact) mass is 208 g/mol. The molecule has 1 heterocycles. The molecule has 0 unspecified atom stereocenters. The second-order valence-electron chi connectivity index (χ2n) is 3.97. The Labute approximate surface area is 89.5 Å². The van der Waals surface area contributed by atoms with Crippen LogP contribution in [0.3, 0.4) is 0 Å². The van der Waals surface area contributed by atoms with Crippen LogP contribution in [0, 0.1) is 0 Å². The molecule has 0 aromatic heterocycles. The van der Waals surface area contributed by atoms with Crippen LogP contribution in [0.25, 0.3) is 0 Å². The molecule has 1 fully saturated rings. The van der Waals surface area contributed by atoms with E-state index in [0.29, 0.717) is 0 Å². The fraction of sp³-hybridized carbons (Fsp3) is 0.500. The fourth-order valence-electron chi connectivity index (χ4n) is 1.77. The summed E-state index contributed by atoms with van der Waals surface area (Å²) in [6.45, 7) is 2.18. The quantitative estimate of drug-likeness (QED) is 0.824. The summed E-state index contributed by atoms with van der Waals surface area (Å²) >= 11 is 1.81. The van der Waals surface area contributed by atoms with Crippen LogP contribution in [-0.2, 0) is 12.0 Å². The summed E-state index contributed by atoms with van der Waals surface area (Å²) in [6, 6.07) is 8.39. The van der Waals surface area contributed by atoms with Crippen molar-refractivity contribution in [3.63, 3.8) is 0 Å². The molecule has 14 heavy (non-hydrogen) atoms. The Morgan fingerprint density at radius 1 is 1.43 bits per heavy atom. The summed E-state index contributed by atoms with van der Waals surface area (Å²) in [7, 11) is 0. The lowest BCUT2D eigenvalue weighted by atomic mass is 9.94. The summed E-state index contributed by atoms with van der Waals surface area (Å²) in [6.07, 6.45) is 2.27. The van der Waals surface area contributed by atoms with Gasteiger partial charge in [0.25, 0.3) is 0 Å². The first-order valence-electron chi connectivity index (χ1n) is 5.14. The maximum Gasteiger partial charge on any atom is 0.108 e. The van der Waals surface area contributed by atoms with Gasteiger partial charge in [-0.1, -0.05) is 37.6 Å². The van der Waals surface area contributed by atoms with Crippen molar-refractivity contribution < 1.29 is 5.11 Å². The zero-order chi connectivity index (χ0) is 10.0. The first kappa shape index (κ1) is 10.1. The minimum Gasteiger partial charge on any atom is -0.383 e. The SMILES string of the molecule is CCCc1cccc(C2(O)CSC2)c1. The Bertz CT molecular complexity index is 318. The van der Waals surface area contributed by atoms with Crippen molar-refractivity contribution in [2.24, 2.45) is 0 Å². The maximum atomic E-state index is 10.2. The van der Waals surface area contributed by atoms with E-state index in [1.807, 2.05) is 17.8 Å². The van der Waals surface area contributed by atoms with Crippen molar-refractivity contribution in [1.82, 2.24) is 0 Å². The van der Waals surface area contributed by atoms with Crippen LogP contribution in [0.1, 0.15) is 24.5 Å². The van der Waals surface area contributed by atoms with Gasteiger partial charge in [0.05, 0.1) is 0 Å². The van der Waals surface area contributed by atoms with E-state index < -0.39 is 5.60 Å². The van der Waals surface area contributed by atoms with Crippen molar-refractivity contribution in [3.8, 4) is 0 Å². The lowest BCUT2D eigenvalue weighted by Crippen LogP contribution is -2.39. The molecule has 1 aromatic carbocycles. The van der Waals surface area contributed by atoms with Crippen LogP contribution < -0.4 is 0 Å². The number of aliphatic hydroxyl groups is 1. The topological polar surface area (TPSA) is 20.2 Å². The Hall–Kier alpha value is -0.470. The first-order valence-corrected chi connectivity index (χ1v) is 6.29. The molecule has 0 radical (unpaired) electrons. The predicted octanol–water partition coefficient (Wildman–Crippen LogP) is 2.57. The first-order chi connectivity index (χ1) is 6.74. The molecule has 1 aliphatic heterocycles. The number of thioether (sulfide) groups is 1. The molecule has 2 heteroatoms. The van der Waals surface area contributed by atoms with Crippen LogP contribution in [0.2, 0.25) is 0 Å². The molecule has 1 nitrogen and oxygen atoms in total. The summed E-state index contributed by atoms with van der Waals surface area (Å²) in [5.41, 5.74) is 1.91. The summed E-state index contributed by atoms with van der Waals surface area (Å²) in [5, 5.41) is 10.2. The molecule has 0 saturated carbocycles. The van der Waals surface area contributed by atoms with Gasteiger partial charge in [-0.2, -0.15) is 11.8 Å². The third-order valence-electron chi connectivity index (χ3n) is 2.68. The summed E-state index contributed by atoms with van der Waals surface area (Å²) in [4.78, 5) is 0. The lowest BCUT2D eigenvalue weighted by molar-refractivity contribution is 0.0768. The molecule has 1 N–H and O–H groups in total. The Balaban J connectivity index is 2.21. The molecule has 0 spiro atoms. The van der Waals surface area contributed by atoms with E-state index in [2.05, 4.69) is 25.1 Å². The molecule has 1 aliphatic rings. The second kappa shape index (κ2) is 3.95. The van der Waals surface area contributed by atoms with E-state index in [1.54, 1.807) is 0 Å². The van der Waals surface area contributed by atoms with Gasteiger partial charge in [0, 0.05) is 11.5 Å². The minimum absolute atomic E-state index is 0.533. The van der Waals surface area contributed by atoms with Crippen molar-refractivity contribution in [2.45, 2.75) is 25.4 Å². The van der Waals surface area contributed by atoms with Gasteiger partial charge in [-0.25, -0.2) is 0 Å². The van der Waals surface area contributed by atoms with Gasteiger partial charge in [-0.3, -0.25) is 0 Å². The number of benzene rings is 1. The van der Waals surface area contributed by atoms with Gasteiger partial charge in [-0.15, -0.1) is 0 Å². The zero-order valence-corrected chi connectivity index (χ0v) is 9.31. The van der Waals surface area contributed by atoms with Crippen LogP contribution in [0.5, 0.6) is 0 Å². The smallest absolute Gasteiger partial charge is 0.108 e.